The summed E-state index contributed by atoms with van der Waals surface area (Å²) in [6, 6.07) is 14.2. The fourth-order valence-electron chi connectivity index (χ4n) is 3.20. The van der Waals surface area contributed by atoms with Crippen molar-refractivity contribution in [3.8, 4) is 0 Å². The summed E-state index contributed by atoms with van der Waals surface area (Å²) in [6.07, 6.45) is 0.0435. The van der Waals surface area contributed by atoms with E-state index in [4.69, 9.17) is 9.26 Å². The summed E-state index contributed by atoms with van der Waals surface area (Å²) in [7, 11) is 0. The predicted molar refractivity (Wildman–Crippen MR) is 92.0 cm³/mol. The van der Waals surface area contributed by atoms with Crippen LogP contribution in [-0.2, 0) is 16.0 Å². The first-order valence-corrected chi connectivity index (χ1v) is 8.37. The van der Waals surface area contributed by atoms with Crippen molar-refractivity contribution in [2.75, 3.05) is 19.7 Å². The molecule has 1 saturated heterocycles. The van der Waals surface area contributed by atoms with Crippen molar-refractivity contribution < 1.29 is 14.1 Å². The Morgan fingerprint density at radius 2 is 2.08 bits per heavy atom. The van der Waals surface area contributed by atoms with Crippen LogP contribution >= 0.6 is 0 Å². The van der Waals surface area contributed by atoms with Gasteiger partial charge in [-0.25, -0.2) is 0 Å². The Bertz CT molecular complexity index is 900. The minimum Gasteiger partial charge on any atom is -0.366 e. The van der Waals surface area contributed by atoms with E-state index in [1.165, 1.54) is 0 Å². The topological polar surface area (TPSA) is 68.5 Å². The van der Waals surface area contributed by atoms with Gasteiger partial charge < -0.3 is 14.2 Å². The van der Waals surface area contributed by atoms with E-state index < -0.39 is 0 Å². The summed E-state index contributed by atoms with van der Waals surface area (Å²) < 4.78 is 10.7. The van der Waals surface area contributed by atoms with Crippen LogP contribution in [-0.4, -0.2) is 40.6 Å². The van der Waals surface area contributed by atoms with Crippen molar-refractivity contribution in [1.82, 2.24) is 15.0 Å². The van der Waals surface area contributed by atoms with Crippen LogP contribution in [0.2, 0.25) is 0 Å². The first-order chi connectivity index (χ1) is 12.2. The maximum Gasteiger partial charge on any atom is 0.227 e. The van der Waals surface area contributed by atoms with Crippen molar-refractivity contribution in [3.63, 3.8) is 0 Å². The van der Waals surface area contributed by atoms with Gasteiger partial charge >= 0.3 is 0 Å². The molecule has 1 amide bonds. The molecular weight excluding hydrogens is 318 g/mol. The number of rotatable bonds is 3. The number of carbonyl (C=O) groups is 1. The third-order valence-corrected chi connectivity index (χ3v) is 4.47. The number of fused-ring (bicyclic) bond motifs is 1. The molecule has 1 unspecified atom stereocenters. The molecule has 128 valence electrons. The molecule has 25 heavy (non-hydrogen) atoms. The smallest absolute Gasteiger partial charge is 0.227 e. The zero-order valence-corrected chi connectivity index (χ0v) is 14.0. The zero-order chi connectivity index (χ0) is 17.2. The minimum absolute atomic E-state index is 0.0878. The van der Waals surface area contributed by atoms with Gasteiger partial charge in [0.1, 0.15) is 6.10 Å². The molecule has 1 atom stereocenters. The van der Waals surface area contributed by atoms with E-state index in [0.29, 0.717) is 37.8 Å². The number of ether oxygens (including phenoxy) is 1. The zero-order valence-electron chi connectivity index (χ0n) is 14.0. The Morgan fingerprint density at radius 3 is 2.92 bits per heavy atom. The van der Waals surface area contributed by atoms with Gasteiger partial charge in [0.25, 0.3) is 0 Å². The van der Waals surface area contributed by atoms with Gasteiger partial charge in [0, 0.05) is 13.5 Å². The Morgan fingerprint density at radius 1 is 1.24 bits per heavy atom. The standard InChI is InChI=1S/C19H19N3O3/c1-13-20-19(21-25-13)17-12-22(9-10-24-17)18(23)11-15-7-4-6-14-5-2-3-8-16(14)15/h2-8,17H,9-12H2,1H3. The average Bonchev–Trinajstić information content (AvgIpc) is 3.09. The molecule has 4 rings (SSSR count). The fourth-order valence-corrected chi connectivity index (χ4v) is 3.20. The monoisotopic (exact) mass is 337 g/mol. The van der Waals surface area contributed by atoms with Gasteiger partial charge in [0.15, 0.2) is 0 Å². The highest BCUT2D eigenvalue weighted by Gasteiger charge is 2.28. The molecule has 6 nitrogen and oxygen atoms in total. The van der Waals surface area contributed by atoms with Crippen molar-refractivity contribution >= 4 is 16.7 Å². The van der Waals surface area contributed by atoms with Gasteiger partial charge in [-0.3, -0.25) is 4.79 Å². The van der Waals surface area contributed by atoms with E-state index >= 15 is 0 Å². The number of carbonyl (C=O) groups excluding carboxylic acids is 1. The lowest BCUT2D eigenvalue weighted by atomic mass is 10.0. The SMILES string of the molecule is Cc1nc(C2CN(C(=O)Cc3cccc4ccccc34)CCO2)no1. The van der Waals surface area contributed by atoms with Crippen molar-refractivity contribution in [1.29, 1.82) is 0 Å². The molecule has 0 aliphatic carbocycles. The number of aromatic nitrogens is 2. The summed E-state index contributed by atoms with van der Waals surface area (Å²) in [6.45, 7) is 3.24. The van der Waals surface area contributed by atoms with Crippen LogP contribution in [0.3, 0.4) is 0 Å². The molecular formula is C19H19N3O3. The van der Waals surface area contributed by atoms with Gasteiger partial charge in [-0.1, -0.05) is 47.6 Å². The highest BCUT2D eigenvalue weighted by Crippen LogP contribution is 2.22. The van der Waals surface area contributed by atoms with Crippen LogP contribution in [0.15, 0.2) is 47.0 Å². The fraction of sp³-hybridized carbons (Fsp3) is 0.316. The lowest BCUT2D eigenvalue weighted by Crippen LogP contribution is -2.43. The molecule has 2 aromatic carbocycles. The summed E-state index contributed by atoms with van der Waals surface area (Å²) >= 11 is 0. The van der Waals surface area contributed by atoms with E-state index in [-0.39, 0.29) is 12.0 Å². The molecule has 1 aliphatic rings. The molecule has 6 heteroatoms. The van der Waals surface area contributed by atoms with E-state index in [1.807, 2.05) is 29.2 Å². The third-order valence-electron chi connectivity index (χ3n) is 4.47. The number of benzene rings is 2. The van der Waals surface area contributed by atoms with Crippen LogP contribution in [0.4, 0.5) is 0 Å². The van der Waals surface area contributed by atoms with Crippen LogP contribution in [0.5, 0.6) is 0 Å². The Kier molecular flexibility index (Phi) is 4.19. The van der Waals surface area contributed by atoms with Crippen LogP contribution < -0.4 is 0 Å². The number of hydrogen-bond acceptors (Lipinski definition) is 5. The average molecular weight is 337 g/mol. The number of amides is 1. The van der Waals surface area contributed by atoms with Crippen molar-refractivity contribution in [2.24, 2.45) is 0 Å². The molecule has 1 fully saturated rings. The number of morpholine rings is 1. The maximum absolute atomic E-state index is 12.8. The first-order valence-electron chi connectivity index (χ1n) is 8.37. The number of nitrogens with zero attached hydrogens (tertiary/aromatic N) is 3. The quantitative estimate of drug-likeness (QED) is 0.735. The Hall–Kier alpha value is -2.73. The van der Waals surface area contributed by atoms with Gasteiger partial charge in [-0.05, 0) is 16.3 Å². The van der Waals surface area contributed by atoms with E-state index in [2.05, 4.69) is 28.3 Å². The van der Waals surface area contributed by atoms with E-state index in [0.717, 1.165) is 16.3 Å². The van der Waals surface area contributed by atoms with Gasteiger partial charge in [-0.2, -0.15) is 4.98 Å². The number of aryl methyl sites for hydroxylation is 1. The molecule has 1 aliphatic heterocycles. The second-order valence-electron chi connectivity index (χ2n) is 6.19. The van der Waals surface area contributed by atoms with Gasteiger partial charge in [-0.15, -0.1) is 0 Å². The maximum atomic E-state index is 12.8. The molecule has 2 heterocycles. The van der Waals surface area contributed by atoms with Crippen LogP contribution in [0.1, 0.15) is 23.4 Å². The highest BCUT2D eigenvalue weighted by atomic mass is 16.5. The first kappa shape index (κ1) is 15.8. The lowest BCUT2D eigenvalue weighted by molar-refractivity contribution is -0.138. The molecule has 0 radical (unpaired) electrons. The molecule has 0 bridgehead atoms. The van der Waals surface area contributed by atoms with Gasteiger partial charge in [0.2, 0.25) is 17.6 Å². The second kappa shape index (κ2) is 6.64. The normalized spacial score (nSPS) is 17.8. The summed E-state index contributed by atoms with van der Waals surface area (Å²) in [5.41, 5.74) is 1.04. The van der Waals surface area contributed by atoms with Crippen LogP contribution in [0, 0.1) is 6.92 Å². The Balaban J connectivity index is 1.50. The van der Waals surface area contributed by atoms with Crippen molar-refractivity contribution in [3.05, 3.63) is 59.7 Å². The third kappa shape index (κ3) is 3.25. The van der Waals surface area contributed by atoms with Gasteiger partial charge in [0.05, 0.1) is 19.6 Å². The largest absolute Gasteiger partial charge is 0.366 e. The van der Waals surface area contributed by atoms with E-state index in [9.17, 15) is 4.79 Å². The van der Waals surface area contributed by atoms with Crippen molar-refractivity contribution in [2.45, 2.75) is 19.4 Å². The Labute approximate surface area is 145 Å². The summed E-state index contributed by atoms with van der Waals surface area (Å²) in [5, 5.41) is 6.18. The molecule has 0 spiro atoms. The second-order valence-corrected chi connectivity index (χ2v) is 6.19. The lowest BCUT2D eigenvalue weighted by Gasteiger charge is -2.31. The highest BCUT2D eigenvalue weighted by molar-refractivity contribution is 5.90. The molecule has 3 aromatic rings. The molecule has 0 N–H and O–H groups in total. The minimum atomic E-state index is -0.331. The summed E-state index contributed by atoms with van der Waals surface area (Å²) in [5.74, 6) is 1.09. The molecule has 1 aromatic heterocycles. The molecule has 0 saturated carbocycles. The van der Waals surface area contributed by atoms with E-state index in [1.54, 1.807) is 6.92 Å². The summed E-state index contributed by atoms with van der Waals surface area (Å²) in [4.78, 5) is 18.8. The number of hydrogen-bond donors (Lipinski definition) is 0. The predicted octanol–water partition coefficient (Wildman–Crippen LogP) is 2.67. The van der Waals surface area contributed by atoms with Crippen LogP contribution in [0.25, 0.3) is 10.8 Å².